The van der Waals surface area contributed by atoms with Crippen molar-refractivity contribution in [3.63, 3.8) is 0 Å². The van der Waals surface area contributed by atoms with E-state index in [2.05, 4.69) is 5.32 Å². The average Bonchev–Trinajstić information content (AvgIpc) is 2.50. The van der Waals surface area contributed by atoms with Crippen LogP contribution in [0.4, 0.5) is 4.79 Å². The topological polar surface area (TPSA) is 52.6 Å². The van der Waals surface area contributed by atoms with E-state index in [0.29, 0.717) is 6.04 Å². The first kappa shape index (κ1) is 14.8. The number of hydrogen-bond donors (Lipinski definition) is 2. The Balaban J connectivity index is 1.38. The van der Waals surface area contributed by atoms with Crippen LogP contribution < -0.4 is 5.32 Å². The molecule has 4 saturated carbocycles. The van der Waals surface area contributed by atoms with Gasteiger partial charge in [-0.15, -0.1) is 0 Å². The summed E-state index contributed by atoms with van der Waals surface area (Å²) < 4.78 is 0. The lowest BCUT2D eigenvalue weighted by Gasteiger charge is -2.54. The Morgan fingerprint density at radius 3 is 2.36 bits per heavy atom. The molecule has 0 aromatic rings. The smallest absolute Gasteiger partial charge is 0.317 e. The number of carbonyl (C=O) groups is 1. The largest absolute Gasteiger partial charge is 0.393 e. The van der Waals surface area contributed by atoms with Crippen molar-refractivity contribution in [3.8, 4) is 0 Å². The van der Waals surface area contributed by atoms with E-state index in [1.54, 1.807) is 0 Å². The summed E-state index contributed by atoms with van der Waals surface area (Å²) in [6, 6.07) is 0.551. The molecule has 22 heavy (non-hydrogen) atoms. The van der Waals surface area contributed by atoms with E-state index in [0.717, 1.165) is 49.6 Å². The number of piperidine rings is 1. The molecule has 5 fully saturated rings. The lowest BCUT2D eigenvalue weighted by molar-refractivity contribution is -0.0122. The highest BCUT2D eigenvalue weighted by molar-refractivity contribution is 5.74. The van der Waals surface area contributed by atoms with Crippen LogP contribution in [0, 0.1) is 29.6 Å². The van der Waals surface area contributed by atoms with Gasteiger partial charge in [0.1, 0.15) is 0 Å². The van der Waals surface area contributed by atoms with Gasteiger partial charge < -0.3 is 15.3 Å². The van der Waals surface area contributed by atoms with E-state index in [-0.39, 0.29) is 18.1 Å². The average molecular weight is 306 g/mol. The fourth-order valence-electron chi connectivity index (χ4n) is 5.98. The molecular formula is C18H30N2O2. The highest BCUT2D eigenvalue weighted by Crippen LogP contribution is 2.53. The number of rotatable bonds is 2. The van der Waals surface area contributed by atoms with Crippen molar-refractivity contribution in [3.05, 3.63) is 0 Å². The van der Waals surface area contributed by atoms with Crippen molar-refractivity contribution in [2.24, 2.45) is 29.6 Å². The SMILES string of the molecule is CC(O)C1CCCN(C(=O)NC2C3CC4CC(C3)CC2C4)C1. The third-order valence-corrected chi connectivity index (χ3v) is 6.94. The van der Waals surface area contributed by atoms with Gasteiger partial charge in [0.25, 0.3) is 0 Å². The zero-order chi connectivity index (χ0) is 15.3. The molecule has 2 unspecified atom stereocenters. The molecule has 2 atom stereocenters. The maximum Gasteiger partial charge on any atom is 0.317 e. The van der Waals surface area contributed by atoms with Gasteiger partial charge in [0.15, 0.2) is 0 Å². The molecule has 1 heterocycles. The van der Waals surface area contributed by atoms with Gasteiger partial charge >= 0.3 is 6.03 Å². The molecular weight excluding hydrogens is 276 g/mol. The highest BCUT2D eigenvalue weighted by Gasteiger charge is 2.48. The first-order valence-electron chi connectivity index (χ1n) is 9.33. The number of nitrogens with one attached hydrogen (secondary N) is 1. The summed E-state index contributed by atoms with van der Waals surface area (Å²) in [5.74, 6) is 3.61. The molecule has 124 valence electrons. The number of carbonyl (C=O) groups excluding carboxylic acids is 1. The van der Waals surface area contributed by atoms with Gasteiger partial charge in [-0.2, -0.15) is 0 Å². The van der Waals surface area contributed by atoms with Crippen molar-refractivity contribution in [2.45, 2.75) is 64.0 Å². The minimum absolute atomic E-state index is 0.128. The zero-order valence-electron chi connectivity index (χ0n) is 13.7. The minimum atomic E-state index is -0.309. The van der Waals surface area contributed by atoms with Crippen LogP contribution in [0.2, 0.25) is 0 Å². The Bertz CT molecular complexity index is 409. The van der Waals surface area contributed by atoms with Gasteiger partial charge in [-0.1, -0.05) is 0 Å². The number of nitrogens with zero attached hydrogens (tertiary/aromatic N) is 1. The standard InChI is InChI=1S/C18H30N2O2/c1-11(21)14-3-2-4-20(10-14)18(22)19-17-15-6-12-5-13(8-15)9-16(17)7-12/h11-17,21H,2-10H2,1H3,(H,19,22). The Morgan fingerprint density at radius 2 is 1.77 bits per heavy atom. The van der Waals surface area contributed by atoms with E-state index >= 15 is 0 Å². The summed E-state index contributed by atoms with van der Waals surface area (Å²) in [6.45, 7) is 3.42. The Hall–Kier alpha value is -0.770. The molecule has 5 rings (SSSR count). The van der Waals surface area contributed by atoms with Crippen LogP contribution in [0.5, 0.6) is 0 Å². The monoisotopic (exact) mass is 306 g/mol. The van der Waals surface area contributed by atoms with Crippen LogP contribution in [-0.2, 0) is 0 Å². The zero-order valence-corrected chi connectivity index (χ0v) is 13.7. The minimum Gasteiger partial charge on any atom is -0.393 e. The lowest BCUT2D eigenvalue weighted by Crippen LogP contribution is -2.59. The van der Waals surface area contributed by atoms with Crippen molar-refractivity contribution in [2.75, 3.05) is 13.1 Å². The number of aliphatic hydroxyl groups excluding tert-OH is 1. The number of likely N-dealkylation sites (tertiary alicyclic amines) is 1. The van der Waals surface area contributed by atoms with E-state index in [1.807, 2.05) is 11.8 Å². The van der Waals surface area contributed by atoms with Crippen LogP contribution in [0.1, 0.15) is 51.9 Å². The Morgan fingerprint density at radius 1 is 1.14 bits per heavy atom. The number of urea groups is 1. The molecule has 4 aliphatic carbocycles. The van der Waals surface area contributed by atoms with Gasteiger partial charge in [-0.25, -0.2) is 4.79 Å². The molecule has 4 nitrogen and oxygen atoms in total. The molecule has 4 heteroatoms. The predicted octanol–water partition coefficient (Wildman–Crippen LogP) is 2.61. The van der Waals surface area contributed by atoms with E-state index < -0.39 is 0 Å². The van der Waals surface area contributed by atoms with Gasteiger partial charge in [-0.05, 0) is 75.5 Å². The molecule has 4 bridgehead atoms. The van der Waals surface area contributed by atoms with Crippen LogP contribution in [0.25, 0.3) is 0 Å². The predicted molar refractivity (Wildman–Crippen MR) is 85.3 cm³/mol. The third-order valence-electron chi connectivity index (χ3n) is 6.94. The number of aliphatic hydroxyl groups is 1. The maximum atomic E-state index is 12.7. The van der Waals surface area contributed by atoms with Gasteiger partial charge in [0.2, 0.25) is 0 Å². The van der Waals surface area contributed by atoms with Crippen LogP contribution in [0.15, 0.2) is 0 Å². The quantitative estimate of drug-likeness (QED) is 0.824. The second kappa shape index (κ2) is 5.70. The van der Waals surface area contributed by atoms with E-state index in [4.69, 9.17) is 0 Å². The summed E-state index contributed by atoms with van der Waals surface area (Å²) in [6.07, 6.45) is 8.57. The first-order valence-corrected chi connectivity index (χ1v) is 9.33. The van der Waals surface area contributed by atoms with Crippen molar-refractivity contribution in [1.82, 2.24) is 10.2 Å². The molecule has 0 spiro atoms. The van der Waals surface area contributed by atoms with Gasteiger partial charge in [0, 0.05) is 25.0 Å². The van der Waals surface area contributed by atoms with Crippen molar-refractivity contribution in [1.29, 1.82) is 0 Å². The van der Waals surface area contributed by atoms with Crippen LogP contribution in [0.3, 0.4) is 0 Å². The molecule has 2 N–H and O–H groups in total. The Kier molecular flexibility index (Phi) is 3.83. The second-order valence-corrected chi connectivity index (χ2v) is 8.49. The lowest BCUT2D eigenvalue weighted by atomic mass is 9.54. The van der Waals surface area contributed by atoms with Gasteiger partial charge in [0.05, 0.1) is 6.10 Å². The normalized spacial score (nSPS) is 44.9. The van der Waals surface area contributed by atoms with E-state index in [9.17, 15) is 9.90 Å². The van der Waals surface area contributed by atoms with Crippen molar-refractivity contribution >= 4 is 6.03 Å². The summed E-state index contributed by atoms with van der Waals surface area (Å²) in [7, 11) is 0. The fourth-order valence-corrected chi connectivity index (χ4v) is 5.98. The molecule has 2 amide bonds. The summed E-state index contributed by atoms with van der Waals surface area (Å²) in [4.78, 5) is 14.6. The van der Waals surface area contributed by atoms with Crippen molar-refractivity contribution < 1.29 is 9.90 Å². The fraction of sp³-hybridized carbons (Fsp3) is 0.944. The maximum absolute atomic E-state index is 12.7. The molecule has 0 aromatic carbocycles. The molecule has 1 aliphatic heterocycles. The molecule has 0 radical (unpaired) electrons. The Labute approximate surface area is 133 Å². The molecule has 0 aromatic heterocycles. The van der Waals surface area contributed by atoms with Crippen LogP contribution in [-0.4, -0.2) is 41.3 Å². The van der Waals surface area contributed by atoms with Crippen LogP contribution >= 0.6 is 0 Å². The van der Waals surface area contributed by atoms with Gasteiger partial charge in [-0.3, -0.25) is 0 Å². The summed E-state index contributed by atoms with van der Waals surface area (Å²) in [5, 5.41) is 13.2. The molecule has 1 saturated heterocycles. The van der Waals surface area contributed by atoms with E-state index in [1.165, 1.54) is 32.1 Å². The molecule has 5 aliphatic rings. The number of amides is 2. The first-order chi connectivity index (χ1) is 10.6. The third kappa shape index (κ3) is 2.64. The summed E-state index contributed by atoms with van der Waals surface area (Å²) >= 11 is 0. The highest BCUT2D eigenvalue weighted by atomic mass is 16.3. The number of hydrogen-bond acceptors (Lipinski definition) is 2. The summed E-state index contributed by atoms with van der Waals surface area (Å²) in [5.41, 5.74) is 0. The second-order valence-electron chi connectivity index (χ2n) is 8.49.